The van der Waals surface area contributed by atoms with Crippen LogP contribution in [0.15, 0.2) is 39.5 Å². The van der Waals surface area contributed by atoms with Crippen molar-refractivity contribution in [3.05, 3.63) is 50.2 Å². The molecule has 7 heteroatoms. The Kier molecular flexibility index (Phi) is 4.14. The Morgan fingerprint density at radius 2 is 2.10 bits per heavy atom. The van der Waals surface area contributed by atoms with Crippen LogP contribution < -0.4 is 5.32 Å². The molecule has 0 aliphatic rings. The highest BCUT2D eigenvalue weighted by atomic mass is 79.9. The monoisotopic (exact) mass is 379 g/mol. The fourth-order valence-electron chi connectivity index (χ4n) is 1.74. The number of carbonyl (C=O) groups is 1. The molecule has 1 amide bonds. The van der Waals surface area contributed by atoms with Crippen LogP contribution in [0.1, 0.15) is 15.5 Å². The van der Waals surface area contributed by atoms with Crippen molar-refractivity contribution in [2.24, 2.45) is 0 Å². The number of anilines is 1. The first-order chi connectivity index (χ1) is 10.1. The Balaban J connectivity index is 1.78. The van der Waals surface area contributed by atoms with Gasteiger partial charge in [0.1, 0.15) is 5.69 Å². The maximum absolute atomic E-state index is 12.0. The minimum atomic E-state index is -0.227. The maximum Gasteiger partial charge on any atom is 0.276 e. The number of aryl methyl sites for hydroxylation is 1. The van der Waals surface area contributed by atoms with E-state index < -0.39 is 0 Å². The van der Waals surface area contributed by atoms with Crippen LogP contribution in [0, 0.1) is 6.92 Å². The van der Waals surface area contributed by atoms with Crippen LogP contribution in [-0.2, 0) is 0 Å². The van der Waals surface area contributed by atoms with Crippen molar-refractivity contribution in [1.29, 1.82) is 0 Å². The molecule has 0 spiro atoms. The van der Waals surface area contributed by atoms with Gasteiger partial charge in [-0.05, 0) is 19.1 Å². The molecule has 1 N–H and O–H groups in total. The number of halogens is 1. The topological polar surface area (TPSA) is 54.9 Å². The van der Waals surface area contributed by atoms with Crippen LogP contribution in [0.3, 0.4) is 0 Å². The van der Waals surface area contributed by atoms with Crippen molar-refractivity contribution < 1.29 is 4.79 Å². The molecule has 106 valence electrons. The zero-order chi connectivity index (χ0) is 14.8. The lowest BCUT2D eigenvalue weighted by Crippen LogP contribution is -2.12. The normalized spacial score (nSPS) is 10.6. The summed E-state index contributed by atoms with van der Waals surface area (Å²) in [5, 5.41) is 7.88. The molecule has 4 nitrogen and oxygen atoms in total. The van der Waals surface area contributed by atoms with E-state index in [0.717, 1.165) is 20.7 Å². The Labute approximate surface area is 138 Å². The summed E-state index contributed by atoms with van der Waals surface area (Å²) in [4.78, 5) is 20.6. The average Bonchev–Trinajstić information content (AvgIpc) is 3.08. The van der Waals surface area contributed by atoms with E-state index in [1.54, 1.807) is 5.38 Å². The maximum atomic E-state index is 12.0. The Bertz CT molecular complexity index is 797. The number of carbonyl (C=O) groups excluding carboxylic acids is 1. The summed E-state index contributed by atoms with van der Waals surface area (Å²) in [5.41, 5.74) is 2.27. The van der Waals surface area contributed by atoms with Gasteiger partial charge < -0.3 is 0 Å². The quantitative estimate of drug-likeness (QED) is 0.723. The van der Waals surface area contributed by atoms with E-state index in [2.05, 4.69) is 31.2 Å². The van der Waals surface area contributed by atoms with Crippen LogP contribution in [0.2, 0.25) is 0 Å². The third kappa shape index (κ3) is 3.37. The van der Waals surface area contributed by atoms with E-state index in [9.17, 15) is 4.79 Å². The standard InChI is InChI=1S/C14H10BrN3OS2/c1-8-16-12(7-20-8)13(19)18-14-17-11(6-21-14)9-3-2-4-10(15)5-9/h2-7H,1H3,(H,17,18,19). The molecule has 0 saturated heterocycles. The van der Waals surface area contributed by atoms with E-state index >= 15 is 0 Å². The summed E-state index contributed by atoms with van der Waals surface area (Å²) in [6.45, 7) is 1.87. The molecule has 0 radical (unpaired) electrons. The van der Waals surface area contributed by atoms with Gasteiger partial charge in [0.05, 0.1) is 10.7 Å². The molecule has 0 unspecified atom stereocenters. The molecule has 0 atom stereocenters. The lowest BCUT2D eigenvalue weighted by Gasteiger charge is -1.98. The second kappa shape index (κ2) is 6.05. The van der Waals surface area contributed by atoms with Gasteiger partial charge in [-0.3, -0.25) is 10.1 Å². The van der Waals surface area contributed by atoms with E-state index in [4.69, 9.17) is 0 Å². The number of aromatic nitrogens is 2. The second-order valence-electron chi connectivity index (χ2n) is 4.25. The molecule has 0 aliphatic carbocycles. The van der Waals surface area contributed by atoms with Crippen molar-refractivity contribution in [1.82, 2.24) is 9.97 Å². The summed E-state index contributed by atoms with van der Waals surface area (Å²) in [6.07, 6.45) is 0. The third-order valence-corrected chi connectivity index (χ3v) is 4.72. The van der Waals surface area contributed by atoms with Gasteiger partial charge in [0.15, 0.2) is 5.13 Å². The van der Waals surface area contributed by atoms with Crippen LogP contribution >= 0.6 is 38.6 Å². The average molecular weight is 380 g/mol. The minimum Gasteiger partial charge on any atom is -0.296 e. The molecular weight excluding hydrogens is 370 g/mol. The molecule has 3 aromatic rings. The number of nitrogens with one attached hydrogen (secondary N) is 1. The van der Waals surface area contributed by atoms with Gasteiger partial charge in [-0.2, -0.15) is 0 Å². The predicted molar refractivity (Wildman–Crippen MR) is 90.1 cm³/mol. The summed E-state index contributed by atoms with van der Waals surface area (Å²) in [6, 6.07) is 7.89. The molecule has 1 aromatic carbocycles. The first-order valence-corrected chi connectivity index (χ1v) is 8.62. The predicted octanol–water partition coefficient (Wildman–Crippen LogP) is 4.59. The summed E-state index contributed by atoms with van der Waals surface area (Å²) in [5.74, 6) is -0.227. The van der Waals surface area contributed by atoms with E-state index in [-0.39, 0.29) is 5.91 Å². The van der Waals surface area contributed by atoms with Gasteiger partial charge in [0.25, 0.3) is 5.91 Å². The van der Waals surface area contributed by atoms with Crippen molar-refractivity contribution in [3.8, 4) is 11.3 Å². The number of benzene rings is 1. The Hall–Kier alpha value is -1.57. The molecule has 2 aromatic heterocycles. The number of hydrogen-bond acceptors (Lipinski definition) is 5. The zero-order valence-electron chi connectivity index (χ0n) is 11.0. The van der Waals surface area contributed by atoms with Gasteiger partial charge in [0, 0.05) is 20.8 Å². The van der Waals surface area contributed by atoms with Gasteiger partial charge >= 0.3 is 0 Å². The SMILES string of the molecule is Cc1nc(C(=O)Nc2nc(-c3cccc(Br)c3)cs2)cs1. The number of amides is 1. The molecule has 2 heterocycles. The van der Waals surface area contributed by atoms with Crippen LogP contribution in [0.5, 0.6) is 0 Å². The highest BCUT2D eigenvalue weighted by molar-refractivity contribution is 9.10. The molecule has 0 fully saturated rings. The first kappa shape index (κ1) is 14.4. The van der Waals surface area contributed by atoms with Gasteiger partial charge in [-0.25, -0.2) is 9.97 Å². The van der Waals surface area contributed by atoms with Gasteiger partial charge in [-0.1, -0.05) is 28.1 Å². The number of nitrogens with zero attached hydrogens (tertiary/aromatic N) is 2. The van der Waals surface area contributed by atoms with Crippen molar-refractivity contribution in [3.63, 3.8) is 0 Å². The zero-order valence-corrected chi connectivity index (χ0v) is 14.2. The molecule has 0 saturated carbocycles. The summed E-state index contributed by atoms with van der Waals surface area (Å²) >= 11 is 6.29. The number of rotatable bonds is 3. The number of thiazole rings is 2. The number of hydrogen-bond donors (Lipinski definition) is 1. The molecular formula is C14H10BrN3OS2. The smallest absolute Gasteiger partial charge is 0.276 e. The van der Waals surface area contributed by atoms with Crippen molar-refractivity contribution in [2.45, 2.75) is 6.92 Å². The van der Waals surface area contributed by atoms with Crippen molar-refractivity contribution >= 4 is 49.6 Å². The summed E-state index contributed by atoms with van der Waals surface area (Å²) < 4.78 is 0.997. The fourth-order valence-corrected chi connectivity index (χ4v) is 3.45. The van der Waals surface area contributed by atoms with Gasteiger partial charge in [0.2, 0.25) is 0 Å². The molecule has 3 rings (SSSR count). The van der Waals surface area contributed by atoms with E-state index in [0.29, 0.717) is 10.8 Å². The second-order valence-corrected chi connectivity index (χ2v) is 7.09. The lowest BCUT2D eigenvalue weighted by atomic mass is 10.2. The molecule has 21 heavy (non-hydrogen) atoms. The Morgan fingerprint density at radius 1 is 1.24 bits per heavy atom. The van der Waals surface area contributed by atoms with Gasteiger partial charge in [-0.15, -0.1) is 22.7 Å². The third-order valence-electron chi connectivity index (χ3n) is 2.70. The molecule has 0 bridgehead atoms. The highest BCUT2D eigenvalue weighted by Crippen LogP contribution is 2.27. The van der Waals surface area contributed by atoms with Crippen molar-refractivity contribution in [2.75, 3.05) is 5.32 Å². The minimum absolute atomic E-state index is 0.227. The lowest BCUT2D eigenvalue weighted by molar-refractivity contribution is 0.102. The largest absolute Gasteiger partial charge is 0.296 e. The van der Waals surface area contributed by atoms with E-state index in [1.165, 1.54) is 22.7 Å². The molecule has 0 aliphatic heterocycles. The fraction of sp³-hybridized carbons (Fsp3) is 0.0714. The Morgan fingerprint density at radius 3 is 2.81 bits per heavy atom. The van der Waals surface area contributed by atoms with Crippen LogP contribution in [-0.4, -0.2) is 15.9 Å². The highest BCUT2D eigenvalue weighted by Gasteiger charge is 2.12. The van der Waals surface area contributed by atoms with Crippen LogP contribution in [0.4, 0.5) is 5.13 Å². The first-order valence-electron chi connectivity index (χ1n) is 6.07. The summed E-state index contributed by atoms with van der Waals surface area (Å²) in [7, 11) is 0. The van der Waals surface area contributed by atoms with E-state index in [1.807, 2.05) is 36.6 Å². The van der Waals surface area contributed by atoms with Crippen LogP contribution in [0.25, 0.3) is 11.3 Å².